The maximum Gasteiger partial charge on any atom is 0.238 e. The topological polar surface area (TPSA) is 68.2 Å². The molecule has 0 bridgehead atoms. The zero-order valence-electron chi connectivity index (χ0n) is 12.3. The second kappa shape index (κ2) is 8.16. The molecule has 0 rings (SSSR count). The van der Waals surface area contributed by atoms with Crippen LogP contribution in [0.15, 0.2) is 17.4 Å². The van der Waals surface area contributed by atoms with Crippen molar-refractivity contribution < 1.29 is 17.9 Å². The van der Waals surface area contributed by atoms with E-state index < -0.39 is 15.3 Å². The lowest BCUT2D eigenvalue weighted by molar-refractivity contribution is 0.139. The van der Waals surface area contributed by atoms with E-state index in [-0.39, 0.29) is 5.82 Å². The molecule has 0 N–H and O–H groups in total. The fourth-order valence-corrected chi connectivity index (χ4v) is 2.10. The zero-order valence-corrected chi connectivity index (χ0v) is 13.2. The highest BCUT2D eigenvalue weighted by Gasteiger charge is 2.23. The SMILES string of the molecule is C=C(N=C(CC)OCCOC)N(C)S(=O)(=O)C(C)C. The highest BCUT2D eigenvalue weighted by molar-refractivity contribution is 7.89. The Hall–Kier alpha value is -1.08. The summed E-state index contributed by atoms with van der Waals surface area (Å²) in [6.45, 7) is 9.58. The molecule has 0 radical (unpaired) electrons. The lowest BCUT2D eigenvalue weighted by Gasteiger charge is -2.21. The normalized spacial score (nSPS) is 12.6. The van der Waals surface area contributed by atoms with Crippen LogP contribution in [-0.4, -0.2) is 51.2 Å². The molecule has 7 heteroatoms. The van der Waals surface area contributed by atoms with Crippen LogP contribution in [0.1, 0.15) is 27.2 Å². The molecule has 6 nitrogen and oxygen atoms in total. The van der Waals surface area contributed by atoms with Gasteiger partial charge in [0.1, 0.15) is 12.4 Å². The molecule has 112 valence electrons. The standard InChI is InChI=1S/C12H24N2O4S/c1-7-12(18-9-8-17-6)13-11(4)14(5)19(15,16)10(2)3/h10H,4,7-9H2,1-3,5-6H3. The summed E-state index contributed by atoms with van der Waals surface area (Å²) in [5.41, 5.74) is 0. The van der Waals surface area contributed by atoms with E-state index in [9.17, 15) is 8.42 Å². The van der Waals surface area contributed by atoms with Crippen LogP contribution >= 0.6 is 0 Å². The quantitative estimate of drug-likeness (QED) is 0.387. The summed E-state index contributed by atoms with van der Waals surface area (Å²) in [6.07, 6.45) is 0.554. The van der Waals surface area contributed by atoms with Gasteiger partial charge in [0.15, 0.2) is 5.90 Å². The van der Waals surface area contributed by atoms with Gasteiger partial charge in [0.2, 0.25) is 10.0 Å². The minimum absolute atomic E-state index is 0.142. The summed E-state index contributed by atoms with van der Waals surface area (Å²) in [6, 6.07) is 0. The summed E-state index contributed by atoms with van der Waals surface area (Å²) in [7, 11) is -0.397. The van der Waals surface area contributed by atoms with Gasteiger partial charge < -0.3 is 9.47 Å². The molecule has 0 aliphatic carbocycles. The van der Waals surface area contributed by atoms with Crippen molar-refractivity contribution in [2.24, 2.45) is 4.99 Å². The average molecular weight is 292 g/mol. The molecule has 0 aromatic carbocycles. The van der Waals surface area contributed by atoms with Crippen molar-refractivity contribution in [3.8, 4) is 0 Å². The molecule has 0 unspecified atom stereocenters. The van der Waals surface area contributed by atoms with Crippen molar-refractivity contribution in [2.45, 2.75) is 32.4 Å². The smallest absolute Gasteiger partial charge is 0.238 e. The highest BCUT2D eigenvalue weighted by Crippen LogP contribution is 2.13. The molecule has 0 aliphatic heterocycles. The van der Waals surface area contributed by atoms with Crippen molar-refractivity contribution in [2.75, 3.05) is 27.4 Å². The van der Waals surface area contributed by atoms with Gasteiger partial charge in [0.25, 0.3) is 0 Å². The number of nitrogens with zero attached hydrogens (tertiary/aromatic N) is 2. The molecule has 0 saturated carbocycles. The van der Waals surface area contributed by atoms with Gasteiger partial charge in [-0.25, -0.2) is 8.42 Å². The van der Waals surface area contributed by atoms with Crippen LogP contribution < -0.4 is 0 Å². The largest absolute Gasteiger partial charge is 0.478 e. The van der Waals surface area contributed by atoms with Crippen LogP contribution in [0.3, 0.4) is 0 Å². The van der Waals surface area contributed by atoms with Gasteiger partial charge in [-0.15, -0.1) is 0 Å². The van der Waals surface area contributed by atoms with Crippen LogP contribution in [0, 0.1) is 0 Å². The first kappa shape index (κ1) is 17.9. The Bertz CT molecular complexity index is 415. The highest BCUT2D eigenvalue weighted by atomic mass is 32.2. The molecule has 0 spiro atoms. The first-order valence-electron chi connectivity index (χ1n) is 6.13. The Balaban J connectivity index is 4.80. The maximum atomic E-state index is 11.9. The number of rotatable bonds is 8. The van der Waals surface area contributed by atoms with E-state index in [1.54, 1.807) is 21.0 Å². The van der Waals surface area contributed by atoms with Gasteiger partial charge in [-0.1, -0.05) is 13.5 Å². The van der Waals surface area contributed by atoms with E-state index in [0.29, 0.717) is 25.5 Å². The number of hydrogen-bond acceptors (Lipinski definition) is 5. The van der Waals surface area contributed by atoms with E-state index in [1.165, 1.54) is 7.05 Å². The molecule has 0 fully saturated rings. The Morgan fingerprint density at radius 2 is 1.95 bits per heavy atom. The van der Waals surface area contributed by atoms with Crippen LogP contribution in [-0.2, 0) is 19.5 Å². The summed E-state index contributed by atoms with van der Waals surface area (Å²) in [5, 5.41) is -0.524. The molecule has 0 heterocycles. The van der Waals surface area contributed by atoms with E-state index in [0.717, 1.165) is 4.31 Å². The Labute approximate surface area is 116 Å². The molecule has 0 amide bonds. The van der Waals surface area contributed by atoms with E-state index in [1.807, 2.05) is 6.92 Å². The van der Waals surface area contributed by atoms with E-state index in [4.69, 9.17) is 9.47 Å². The predicted molar refractivity (Wildman–Crippen MR) is 76.5 cm³/mol. The van der Waals surface area contributed by atoms with Gasteiger partial charge in [-0.3, -0.25) is 4.31 Å². The summed E-state index contributed by atoms with van der Waals surface area (Å²) < 4.78 is 35.2. The number of sulfonamides is 1. The van der Waals surface area contributed by atoms with Gasteiger partial charge in [-0.05, 0) is 13.8 Å². The third-order valence-electron chi connectivity index (χ3n) is 2.45. The molecular weight excluding hydrogens is 268 g/mol. The predicted octanol–water partition coefficient (Wildman–Crippen LogP) is 1.60. The van der Waals surface area contributed by atoms with Gasteiger partial charge in [0, 0.05) is 20.6 Å². The van der Waals surface area contributed by atoms with Gasteiger partial charge in [0.05, 0.1) is 11.9 Å². The minimum atomic E-state index is -3.41. The van der Waals surface area contributed by atoms with Gasteiger partial charge in [-0.2, -0.15) is 4.99 Å². The third kappa shape index (κ3) is 5.61. The molecular formula is C12H24N2O4S. The van der Waals surface area contributed by atoms with E-state index in [2.05, 4.69) is 11.6 Å². The van der Waals surface area contributed by atoms with Crippen molar-refractivity contribution in [1.29, 1.82) is 0 Å². The van der Waals surface area contributed by atoms with Crippen LogP contribution in [0.25, 0.3) is 0 Å². The number of aliphatic imine (C=N–C) groups is 1. The lowest BCUT2D eigenvalue weighted by Crippen LogP contribution is -2.32. The van der Waals surface area contributed by atoms with E-state index >= 15 is 0 Å². The Morgan fingerprint density at radius 3 is 2.37 bits per heavy atom. The molecule has 0 atom stereocenters. The fourth-order valence-electron chi connectivity index (χ4n) is 1.13. The maximum absolute atomic E-state index is 11.9. The molecule has 0 aromatic heterocycles. The second-order valence-corrected chi connectivity index (χ2v) is 6.70. The van der Waals surface area contributed by atoms with Crippen molar-refractivity contribution in [3.63, 3.8) is 0 Å². The lowest BCUT2D eigenvalue weighted by atomic mass is 10.5. The Kier molecular flexibility index (Phi) is 7.70. The van der Waals surface area contributed by atoms with Crippen LogP contribution in [0.2, 0.25) is 0 Å². The number of methoxy groups -OCH3 is 1. The summed E-state index contributed by atoms with van der Waals surface area (Å²) in [4.78, 5) is 4.11. The van der Waals surface area contributed by atoms with Crippen LogP contribution in [0.4, 0.5) is 0 Å². The first-order chi connectivity index (χ1) is 8.77. The Morgan fingerprint density at radius 1 is 1.37 bits per heavy atom. The molecule has 0 saturated heterocycles. The summed E-state index contributed by atoms with van der Waals surface area (Å²) in [5.74, 6) is 0.579. The fraction of sp³-hybridized carbons (Fsp3) is 0.750. The number of ether oxygens (including phenoxy) is 2. The van der Waals surface area contributed by atoms with Gasteiger partial charge >= 0.3 is 0 Å². The van der Waals surface area contributed by atoms with Crippen molar-refractivity contribution in [3.05, 3.63) is 12.4 Å². The second-order valence-electron chi connectivity index (χ2n) is 4.18. The van der Waals surface area contributed by atoms with Crippen molar-refractivity contribution in [1.82, 2.24) is 4.31 Å². The third-order valence-corrected chi connectivity index (χ3v) is 4.62. The molecule has 19 heavy (non-hydrogen) atoms. The first-order valence-corrected chi connectivity index (χ1v) is 7.63. The monoisotopic (exact) mass is 292 g/mol. The van der Waals surface area contributed by atoms with Crippen LogP contribution in [0.5, 0.6) is 0 Å². The zero-order chi connectivity index (χ0) is 15.1. The minimum Gasteiger partial charge on any atom is -0.478 e. The average Bonchev–Trinajstić information content (AvgIpc) is 2.36. The summed E-state index contributed by atoms with van der Waals surface area (Å²) >= 11 is 0. The molecule has 0 aliphatic rings. The number of hydrogen-bond donors (Lipinski definition) is 0. The van der Waals surface area contributed by atoms with Crippen molar-refractivity contribution >= 4 is 15.9 Å². The molecule has 0 aromatic rings.